The monoisotopic (exact) mass is 302 g/mol. The molecule has 1 aliphatic heterocycles. The first-order valence-electron chi connectivity index (χ1n) is 7.77. The Hall–Kier alpha value is -2.10. The van der Waals surface area contributed by atoms with Crippen molar-refractivity contribution in [2.75, 3.05) is 16.3 Å². The molecular formula is C18H20F2N2. The van der Waals surface area contributed by atoms with Crippen molar-refractivity contribution in [3.63, 3.8) is 0 Å². The van der Waals surface area contributed by atoms with E-state index in [0.29, 0.717) is 5.69 Å². The molecule has 2 aromatic rings. The van der Waals surface area contributed by atoms with Crippen molar-refractivity contribution in [3.05, 3.63) is 54.1 Å². The van der Waals surface area contributed by atoms with Crippen molar-refractivity contribution in [1.29, 1.82) is 0 Å². The normalized spacial score (nSPS) is 17.0. The summed E-state index contributed by atoms with van der Waals surface area (Å²) in [5.74, 6) is -1.07. The molecule has 1 aliphatic rings. The molecule has 0 bridgehead atoms. The summed E-state index contributed by atoms with van der Waals surface area (Å²) < 4.78 is 27.6. The summed E-state index contributed by atoms with van der Waals surface area (Å²) in [5, 5.41) is 0. The van der Waals surface area contributed by atoms with Gasteiger partial charge in [-0.1, -0.05) is 26.0 Å². The van der Waals surface area contributed by atoms with Gasteiger partial charge in [-0.3, -0.25) is 0 Å². The number of rotatable bonds is 4. The molecule has 0 aliphatic carbocycles. The highest BCUT2D eigenvalue weighted by Gasteiger charge is 2.35. The number of para-hydroxylation sites is 2. The Morgan fingerprint density at radius 1 is 0.955 bits per heavy atom. The minimum atomic E-state index is -0.549. The maximum atomic E-state index is 14.3. The summed E-state index contributed by atoms with van der Waals surface area (Å²) in [4.78, 5) is 4.29. The van der Waals surface area contributed by atoms with Crippen LogP contribution < -0.4 is 9.80 Å². The molecule has 2 nitrogen and oxygen atoms in total. The second-order valence-corrected chi connectivity index (χ2v) is 5.54. The van der Waals surface area contributed by atoms with E-state index in [-0.39, 0.29) is 6.17 Å². The second kappa shape index (κ2) is 5.95. The van der Waals surface area contributed by atoms with Crippen molar-refractivity contribution < 1.29 is 8.78 Å². The first-order valence-corrected chi connectivity index (χ1v) is 7.77. The summed E-state index contributed by atoms with van der Waals surface area (Å²) in [6.45, 7) is 5.14. The van der Waals surface area contributed by atoms with Crippen LogP contribution >= 0.6 is 0 Å². The fourth-order valence-electron chi connectivity index (χ4n) is 3.25. The second-order valence-electron chi connectivity index (χ2n) is 5.54. The van der Waals surface area contributed by atoms with E-state index in [2.05, 4.69) is 24.8 Å². The highest BCUT2D eigenvalue weighted by molar-refractivity contribution is 5.83. The summed E-state index contributed by atoms with van der Waals surface area (Å²) in [5.41, 5.74) is 2.52. The highest BCUT2D eigenvalue weighted by Crippen LogP contribution is 2.45. The van der Waals surface area contributed by atoms with Gasteiger partial charge >= 0.3 is 0 Å². The zero-order valence-corrected chi connectivity index (χ0v) is 12.9. The van der Waals surface area contributed by atoms with E-state index in [1.54, 1.807) is 0 Å². The van der Waals surface area contributed by atoms with Gasteiger partial charge < -0.3 is 9.80 Å². The van der Waals surface area contributed by atoms with E-state index in [9.17, 15) is 8.78 Å². The molecule has 0 aromatic heterocycles. The third-order valence-electron chi connectivity index (χ3n) is 4.11. The molecule has 1 heterocycles. The summed E-state index contributed by atoms with van der Waals surface area (Å²) in [7, 11) is 0. The van der Waals surface area contributed by atoms with Gasteiger partial charge in [-0.15, -0.1) is 0 Å². The number of benzene rings is 2. The van der Waals surface area contributed by atoms with Gasteiger partial charge in [0.2, 0.25) is 0 Å². The minimum Gasteiger partial charge on any atom is -0.349 e. The summed E-state index contributed by atoms with van der Waals surface area (Å²) in [6.07, 6.45) is 1.92. The number of hydrogen-bond acceptors (Lipinski definition) is 2. The Bertz CT molecular complexity index is 672. The SMILES string of the molecule is CCCN1c2ccccc2N(c2ccc(F)cc2F)C1CC. The van der Waals surface area contributed by atoms with Gasteiger partial charge in [0.1, 0.15) is 17.8 Å². The van der Waals surface area contributed by atoms with E-state index < -0.39 is 11.6 Å². The molecule has 0 radical (unpaired) electrons. The van der Waals surface area contributed by atoms with Crippen molar-refractivity contribution in [3.8, 4) is 0 Å². The molecule has 3 rings (SSSR count). The molecule has 0 spiro atoms. The molecular weight excluding hydrogens is 282 g/mol. The largest absolute Gasteiger partial charge is 0.349 e. The maximum absolute atomic E-state index is 14.3. The van der Waals surface area contributed by atoms with Crippen molar-refractivity contribution in [1.82, 2.24) is 0 Å². The fraction of sp³-hybridized carbons (Fsp3) is 0.333. The molecule has 0 fully saturated rings. The van der Waals surface area contributed by atoms with Gasteiger partial charge in [-0.2, -0.15) is 0 Å². The van der Waals surface area contributed by atoms with Gasteiger partial charge in [-0.25, -0.2) is 8.78 Å². The summed E-state index contributed by atoms with van der Waals surface area (Å²) >= 11 is 0. The molecule has 1 unspecified atom stereocenters. The van der Waals surface area contributed by atoms with Crippen LogP contribution in [-0.2, 0) is 0 Å². The molecule has 0 N–H and O–H groups in total. The lowest BCUT2D eigenvalue weighted by molar-refractivity contribution is 0.563. The fourth-order valence-corrected chi connectivity index (χ4v) is 3.25. The van der Waals surface area contributed by atoms with E-state index in [1.807, 2.05) is 23.1 Å². The van der Waals surface area contributed by atoms with E-state index in [4.69, 9.17) is 0 Å². The third-order valence-corrected chi connectivity index (χ3v) is 4.11. The smallest absolute Gasteiger partial charge is 0.149 e. The number of hydrogen-bond donors (Lipinski definition) is 0. The Balaban J connectivity index is 2.13. The first-order chi connectivity index (χ1) is 10.7. The molecule has 1 atom stereocenters. The van der Waals surface area contributed by atoms with Crippen LogP contribution in [0.1, 0.15) is 26.7 Å². The molecule has 22 heavy (non-hydrogen) atoms. The van der Waals surface area contributed by atoms with Gasteiger partial charge in [0.15, 0.2) is 0 Å². The van der Waals surface area contributed by atoms with E-state index >= 15 is 0 Å². The highest BCUT2D eigenvalue weighted by atomic mass is 19.1. The predicted molar refractivity (Wildman–Crippen MR) is 86.7 cm³/mol. The Morgan fingerprint density at radius 3 is 2.32 bits per heavy atom. The van der Waals surface area contributed by atoms with Gasteiger partial charge in [-0.05, 0) is 37.1 Å². The summed E-state index contributed by atoms with van der Waals surface area (Å²) in [6, 6.07) is 11.8. The van der Waals surface area contributed by atoms with Gasteiger partial charge in [0.05, 0.1) is 17.1 Å². The van der Waals surface area contributed by atoms with Gasteiger partial charge in [0.25, 0.3) is 0 Å². The number of halogens is 2. The Labute approximate surface area is 130 Å². The van der Waals surface area contributed by atoms with Crippen LogP contribution in [0.15, 0.2) is 42.5 Å². The lowest BCUT2D eigenvalue weighted by Crippen LogP contribution is -2.41. The molecule has 116 valence electrons. The minimum absolute atomic E-state index is 0.0531. The van der Waals surface area contributed by atoms with Crippen molar-refractivity contribution in [2.45, 2.75) is 32.9 Å². The lowest BCUT2D eigenvalue weighted by Gasteiger charge is -2.32. The van der Waals surface area contributed by atoms with Crippen LogP contribution in [0.2, 0.25) is 0 Å². The van der Waals surface area contributed by atoms with Crippen LogP contribution in [0.5, 0.6) is 0 Å². The first kappa shape index (κ1) is 14.8. The molecule has 0 saturated heterocycles. The third kappa shape index (κ3) is 2.32. The van der Waals surface area contributed by atoms with Crippen molar-refractivity contribution in [2.24, 2.45) is 0 Å². The standard InChI is InChI=1S/C18H20F2N2/c1-3-11-21-16-7-5-6-8-17(16)22(18(21)4-2)15-10-9-13(19)12-14(15)20/h5-10,12,18H,3-4,11H2,1-2H3. The maximum Gasteiger partial charge on any atom is 0.149 e. The van der Waals surface area contributed by atoms with Crippen LogP contribution in [0.25, 0.3) is 0 Å². The number of fused-ring (bicyclic) bond motifs is 1. The van der Waals surface area contributed by atoms with Crippen LogP contribution in [-0.4, -0.2) is 12.7 Å². The van der Waals surface area contributed by atoms with Crippen molar-refractivity contribution >= 4 is 17.1 Å². The zero-order valence-electron chi connectivity index (χ0n) is 12.9. The predicted octanol–water partition coefficient (Wildman–Crippen LogP) is 5.07. The van der Waals surface area contributed by atoms with E-state index in [0.717, 1.165) is 36.8 Å². The Kier molecular flexibility index (Phi) is 4.01. The van der Waals surface area contributed by atoms with E-state index in [1.165, 1.54) is 12.1 Å². The molecule has 2 aromatic carbocycles. The zero-order chi connectivity index (χ0) is 15.7. The molecule has 4 heteroatoms. The van der Waals surface area contributed by atoms with Crippen LogP contribution in [0.4, 0.5) is 25.8 Å². The van der Waals surface area contributed by atoms with Crippen LogP contribution in [0.3, 0.4) is 0 Å². The quantitative estimate of drug-likeness (QED) is 0.778. The van der Waals surface area contributed by atoms with Gasteiger partial charge in [0, 0.05) is 12.6 Å². The number of anilines is 3. The average molecular weight is 302 g/mol. The topological polar surface area (TPSA) is 6.48 Å². The lowest BCUT2D eigenvalue weighted by atomic mass is 10.2. The molecule has 0 amide bonds. The Morgan fingerprint density at radius 2 is 1.68 bits per heavy atom. The number of nitrogens with zero attached hydrogens (tertiary/aromatic N) is 2. The van der Waals surface area contributed by atoms with Crippen LogP contribution in [0, 0.1) is 11.6 Å². The average Bonchev–Trinajstić information content (AvgIpc) is 2.82. The molecule has 0 saturated carbocycles.